The Morgan fingerprint density at radius 3 is 3.00 bits per heavy atom. The number of hydrogen-bond donors (Lipinski definition) is 0. The summed E-state index contributed by atoms with van der Waals surface area (Å²) in [7, 11) is 0. The predicted molar refractivity (Wildman–Crippen MR) is 59.1 cm³/mol. The lowest BCUT2D eigenvalue weighted by molar-refractivity contribution is 1.10. The molecule has 1 aromatic heterocycles. The van der Waals surface area contributed by atoms with Gasteiger partial charge in [0.2, 0.25) is 0 Å². The van der Waals surface area contributed by atoms with Crippen LogP contribution >= 0.6 is 11.8 Å². The van der Waals surface area contributed by atoms with Crippen molar-refractivity contribution in [3.05, 3.63) is 30.6 Å². The summed E-state index contributed by atoms with van der Waals surface area (Å²) in [6, 6.07) is 7.92. The van der Waals surface area contributed by atoms with Gasteiger partial charge in [-0.15, -0.1) is 6.42 Å². The van der Waals surface area contributed by atoms with E-state index in [1.165, 1.54) is 0 Å². The molecule has 0 aliphatic rings. The van der Waals surface area contributed by atoms with E-state index in [1.807, 2.05) is 24.3 Å². The highest BCUT2D eigenvalue weighted by Crippen LogP contribution is 2.23. The van der Waals surface area contributed by atoms with Crippen LogP contribution in [0.1, 0.15) is 0 Å². The van der Waals surface area contributed by atoms with Gasteiger partial charge in [0.05, 0.1) is 11.3 Å². The summed E-state index contributed by atoms with van der Waals surface area (Å²) in [6.07, 6.45) is 6.78. The van der Waals surface area contributed by atoms with Crippen LogP contribution in [0.5, 0.6) is 0 Å². The maximum absolute atomic E-state index is 5.21. The molecule has 1 aromatic carbocycles. The summed E-state index contributed by atoms with van der Waals surface area (Å²) in [5.74, 6) is 3.22. The molecule has 0 saturated heterocycles. The fourth-order valence-electron chi connectivity index (χ4n) is 1.21. The first kappa shape index (κ1) is 9.04. The van der Waals surface area contributed by atoms with Crippen LogP contribution in [0.25, 0.3) is 10.9 Å². The standard InChI is InChI=1S/C11H8N2S/c1-2-7-14-11-9-5-3-4-6-10(9)12-8-13-11/h1,3-6,8H,7H2. The van der Waals surface area contributed by atoms with E-state index in [-0.39, 0.29) is 0 Å². The summed E-state index contributed by atoms with van der Waals surface area (Å²) < 4.78 is 0. The minimum absolute atomic E-state index is 0.640. The second-order valence-corrected chi connectivity index (χ2v) is 3.65. The van der Waals surface area contributed by atoms with Gasteiger partial charge in [-0.05, 0) is 6.07 Å². The van der Waals surface area contributed by atoms with Crippen LogP contribution in [0.3, 0.4) is 0 Å². The van der Waals surface area contributed by atoms with Crippen molar-refractivity contribution in [1.29, 1.82) is 0 Å². The van der Waals surface area contributed by atoms with E-state index in [0.29, 0.717) is 5.75 Å². The van der Waals surface area contributed by atoms with E-state index in [4.69, 9.17) is 6.42 Å². The summed E-state index contributed by atoms with van der Waals surface area (Å²) >= 11 is 1.56. The summed E-state index contributed by atoms with van der Waals surface area (Å²) in [6.45, 7) is 0. The fourth-order valence-corrected chi connectivity index (χ4v) is 1.87. The fraction of sp³-hybridized carbons (Fsp3) is 0.0909. The van der Waals surface area contributed by atoms with Crippen LogP contribution < -0.4 is 0 Å². The molecule has 0 aliphatic heterocycles. The molecule has 0 amide bonds. The van der Waals surface area contributed by atoms with Crippen LogP contribution in [0.15, 0.2) is 35.6 Å². The quantitative estimate of drug-likeness (QED) is 0.423. The van der Waals surface area contributed by atoms with Gasteiger partial charge >= 0.3 is 0 Å². The number of benzene rings is 1. The topological polar surface area (TPSA) is 25.8 Å². The summed E-state index contributed by atoms with van der Waals surface area (Å²) in [5.41, 5.74) is 0.960. The molecule has 0 spiro atoms. The molecule has 2 rings (SSSR count). The Morgan fingerprint density at radius 2 is 2.14 bits per heavy atom. The van der Waals surface area contributed by atoms with Crippen LogP contribution in [-0.2, 0) is 0 Å². The average molecular weight is 200 g/mol. The Morgan fingerprint density at radius 1 is 1.29 bits per heavy atom. The lowest BCUT2D eigenvalue weighted by atomic mass is 10.2. The molecule has 68 valence electrons. The maximum Gasteiger partial charge on any atom is 0.117 e. The smallest absolute Gasteiger partial charge is 0.117 e. The maximum atomic E-state index is 5.21. The molecule has 1 heterocycles. The molecule has 0 radical (unpaired) electrons. The number of thioether (sulfide) groups is 1. The van der Waals surface area contributed by atoms with Crippen molar-refractivity contribution < 1.29 is 0 Å². The predicted octanol–water partition coefficient (Wildman–Crippen LogP) is 2.36. The van der Waals surface area contributed by atoms with Gasteiger partial charge in [0, 0.05) is 5.39 Å². The van der Waals surface area contributed by atoms with E-state index in [2.05, 4.69) is 15.9 Å². The molecule has 0 aliphatic carbocycles. The lowest BCUT2D eigenvalue weighted by Gasteiger charge is -2.01. The Hall–Kier alpha value is -1.53. The van der Waals surface area contributed by atoms with Crippen LogP contribution in [0.4, 0.5) is 0 Å². The number of para-hydroxylation sites is 1. The van der Waals surface area contributed by atoms with Crippen LogP contribution in [-0.4, -0.2) is 15.7 Å². The van der Waals surface area contributed by atoms with Gasteiger partial charge in [-0.25, -0.2) is 9.97 Å². The summed E-state index contributed by atoms with van der Waals surface area (Å²) in [5, 5.41) is 2.02. The van der Waals surface area contributed by atoms with Gasteiger partial charge in [-0.1, -0.05) is 35.9 Å². The highest BCUT2D eigenvalue weighted by Gasteiger charge is 2.01. The molecule has 2 aromatic rings. The zero-order chi connectivity index (χ0) is 9.80. The van der Waals surface area contributed by atoms with E-state index < -0.39 is 0 Å². The van der Waals surface area contributed by atoms with E-state index in [9.17, 15) is 0 Å². The van der Waals surface area contributed by atoms with E-state index in [1.54, 1.807) is 18.1 Å². The van der Waals surface area contributed by atoms with Gasteiger partial charge in [0.25, 0.3) is 0 Å². The SMILES string of the molecule is C#CCSc1ncnc2ccccc12. The third-order valence-electron chi connectivity index (χ3n) is 1.80. The van der Waals surface area contributed by atoms with Gasteiger partial charge in [0.1, 0.15) is 11.4 Å². The first-order valence-electron chi connectivity index (χ1n) is 4.18. The van der Waals surface area contributed by atoms with Crippen molar-refractivity contribution in [1.82, 2.24) is 9.97 Å². The Kier molecular flexibility index (Phi) is 2.66. The van der Waals surface area contributed by atoms with Gasteiger partial charge in [0.15, 0.2) is 0 Å². The minimum atomic E-state index is 0.640. The van der Waals surface area contributed by atoms with Gasteiger partial charge in [-0.3, -0.25) is 0 Å². The van der Waals surface area contributed by atoms with Crippen molar-refractivity contribution >= 4 is 22.7 Å². The largest absolute Gasteiger partial charge is 0.236 e. The highest BCUT2D eigenvalue weighted by atomic mass is 32.2. The highest BCUT2D eigenvalue weighted by molar-refractivity contribution is 7.99. The Balaban J connectivity index is 2.49. The van der Waals surface area contributed by atoms with E-state index in [0.717, 1.165) is 15.9 Å². The van der Waals surface area contributed by atoms with Crippen LogP contribution in [0.2, 0.25) is 0 Å². The van der Waals surface area contributed by atoms with Crippen molar-refractivity contribution in [2.24, 2.45) is 0 Å². The molecule has 0 saturated carbocycles. The molecule has 0 unspecified atom stereocenters. The average Bonchev–Trinajstić information content (AvgIpc) is 2.26. The number of terminal acetylenes is 1. The molecule has 0 bridgehead atoms. The Bertz CT molecular complexity index is 483. The molecule has 2 nitrogen and oxygen atoms in total. The number of aromatic nitrogens is 2. The summed E-state index contributed by atoms with van der Waals surface area (Å²) in [4.78, 5) is 8.37. The second kappa shape index (κ2) is 4.12. The minimum Gasteiger partial charge on any atom is -0.236 e. The number of nitrogens with zero attached hydrogens (tertiary/aromatic N) is 2. The van der Waals surface area contributed by atoms with Crippen molar-refractivity contribution in [3.63, 3.8) is 0 Å². The van der Waals surface area contributed by atoms with Gasteiger partial charge in [-0.2, -0.15) is 0 Å². The van der Waals surface area contributed by atoms with Crippen molar-refractivity contribution in [3.8, 4) is 12.3 Å². The molecular weight excluding hydrogens is 192 g/mol. The third-order valence-corrected chi connectivity index (χ3v) is 2.71. The normalized spacial score (nSPS) is 9.93. The third kappa shape index (κ3) is 1.70. The second-order valence-electron chi connectivity index (χ2n) is 2.69. The number of hydrogen-bond acceptors (Lipinski definition) is 3. The number of rotatable bonds is 2. The van der Waals surface area contributed by atoms with E-state index >= 15 is 0 Å². The molecule has 14 heavy (non-hydrogen) atoms. The van der Waals surface area contributed by atoms with Crippen molar-refractivity contribution in [2.75, 3.05) is 5.75 Å². The first-order chi connectivity index (χ1) is 6.92. The van der Waals surface area contributed by atoms with Crippen LogP contribution in [0, 0.1) is 12.3 Å². The van der Waals surface area contributed by atoms with Gasteiger partial charge < -0.3 is 0 Å². The molecule has 0 N–H and O–H groups in total. The lowest BCUT2D eigenvalue weighted by Crippen LogP contribution is -1.86. The Labute approximate surface area is 86.8 Å². The molecule has 0 fully saturated rings. The monoisotopic (exact) mass is 200 g/mol. The zero-order valence-electron chi connectivity index (χ0n) is 7.47. The molecule has 3 heteroatoms. The zero-order valence-corrected chi connectivity index (χ0v) is 8.29. The van der Waals surface area contributed by atoms with Crippen molar-refractivity contribution in [2.45, 2.75) is 5.03 Å². The molecule has 0 atom stereocenters. The number of fused-ring (bicyclic) bond motifs is 1. The first-order valence-corrected chi connectivity index (χ1v) is 5.16. The molecular formula is C11H8N2S.